The third kappa shape index (κ3) is 4.29. The number of hydrogen-bond acceptors (Lipinski definition) is 3. The van der Waals surface area contributed by atoms with E-state index < -0.39 is 0 Å². The lowest BCUT2D eigenvalue weighted by molar-refractivity contribution is 0.326. The van der Waals surface area contributed by atoms with E-state index in [0.717, 1.165) is 24.9 Å². The Labute approximate surface area is 90.2 Å². The van der Waals surface area contributed by atoms with E-state index in [0.29, 0.717) is 4.99 Å². The fourth-order valence-electron chi connectivity index (χ4n) is 1.74. The second-order valence-electron chi connectivity index (χ2n) is 3.53. The van der Waals surface area contributed by atoms with Crippen LogP contribution in [0.1, 0.15) is 19.3 Å². The van der Waals surface area contributed by atoms with E-state index in [1.807, 2.05) is 11.8 Å². The summed E-state index contributed by atoms with van der Waals surface area (Å²) in [5, 5.41) is 0.844. The molecule has 1 saturated heterocycles. The molecule has 2 nitrogen and oxygen atoms in total. The Morgan fingerprint density at radius 2 is 2.31 bits per heavy atom. The van der Waals surface area contributed by atoms with Crippen molar-refractivity contribution in [3.8, 4) is 0 Å². The van der Waals surface area contributed by atoms with Crippen molar-refractivity contribution in [2.24, 2.45) is 5.73 Å². The zero-order valence-corrected chi connectivity index (χ0v) is 9.79. The smallest absolute Gasteiger partial charge is 0.0870 e. The van der Waals surface area contributed by atoms with E-state index in [1.165, 1.54) is 19.3 Å². The molecule has 13 heavy (non-hydrogen) atoms. The highest BCUT2D eigenvalue weighted by atomic mass is 32.2. The first-order valence-electron chi connectivity index (χ1n) is 4.76. The van der Waals surface area contributed by atoms with Crippen molar-refractivity contribution >= 4 is 29.0 Å². The van der Waals surface area contributed by atoms with Crippen molar-refractivity contribution in [1.29, 1.82) is 0 Å². The highest BCUT2D eigenvalue weighted by Gasteiger charge is 2.15. The summed E-state index contributed by atoms with van der Waals surface area (Å²) in [6.07, 6.45) is 6.11. The minimum atomic E-state index is 0.627. The molecular formula is C9H18N2S2. The van der Waals surface area contributed by atoms with E-state index in [9.17, 15) is 0 Å². The van der Waals surface area contributed by atoms with Gasteiger partial charge in [-0.1, -0.05) is 12.2 Å². The molecule has 1 fully saturated rings. The predicted octanol–water partition coefficient (Wildman–Crippen LogP) is 1.49. The third-order valence-corrected chi connectivity index (χ3v) is 3.75. The zero-order valence-electron chi connectivity index (χ0n) is 8.16. The van der Waals surface area contributed by atoms with Crippen LogP contribution in [0.3, 0.4) is 0 Å². The summed E-state index contributed by atoms with van der Waals surface area (Å²) >= 11 is 6.90. The Hall–Kier alpha value is 0.200. The number of thiocarbonyl (C=S) groups is 1. The fraction of sp³-hybridized carbons (Fsp3) is 0.889. The monoisotopic (exact) mass is 218 g/mol. The minimum Gasteiger partial charge on any atom is -0.392 e. The Morgan fingerprint density at radius 1 is 1.54 bits per heavy atom. The lowest BCUT2D eigenvalue weighted by Gasteiger charge is -2.18. The Morgan fingerprint density at radius 3 is 2.92 bits per heavy atom. The molecule has 1 aliphatic heterocycles. The molecule has 1 atom stereocenters. The summed E-state index contributed by atoms with van der Waals surface area (Å²) in [6.45, 7) is 3.12. The van der Waals surface area contributed by atoms with Crippen LogP contribution in [0, 0.1) is 0 Å². The van der Waals surface area contributed by atoms with Gasteiger partial charge in [-0.25, -0.2) is 0 Å². The zero-order chi connectivity index (χ0) is 9.68. The van der Waals surface area contributed by atoms with Crippen LogP contribution < -0.4 is 5.73 Å². The summed E-state index contributed by atoms with van der Waals surface area (Å²) in [7, 11) is 0. The Kier molecular flexibility index (Phi) is 5.06. The lowest BCUT2D eigenvalue weighted by Crippen LogP contribution is -2.33. The minimum absolute atomic E-state index is 0.627. The number of rotatable bonds is 3. The topological polar surface area (TPSA) is 29.3 Å². The first kappa shape index (κ1) is 11.3. The molecule has 0 amide bonds. The molecule has 0 bridgehead atoms. The molecule has 1 aliphatic rings. The van der Waals surface area contributed by atoms with Crippen molar-refractivity contribution < 1.29 is 0 Å². The van der Waals surface area contributed by atoms with Crippen molar-refractivity contribution in [2.45, 2.75) is 24.5 Å². The van der Waals surface area contributed by atoms with Crippen molar-refractivity contribution in [3.63, 3.8) is 0 Å². The van der Waals surface area contributed by atoms with Crippen LogP contribution in [0.2, 0.25) is 0 Å². The van der Waals surface area contributed by atoms with Gasteiger partial charge in [0.15, 0.2) is 0 Å². The molecule has 0 spiro atoms. The summed E-state index contributed by atoms with van der Waals surface area (Å²) in [6, 6.07) is 0. The molecule has 0 aromatic rings. The van der Waals surface area contributed by atoms with Gasteiger partial charge in [0.05, 0.1) is 4.99 Å². The van der Waals surface area contributed by atoms with Gasteiger partial charge in [0.25, 0.3) is 0 Å². The maximum atomic E-state index is 5.53. The van der Waals surface area contributed by atoms with Crippen LogP contribution >= 0.6 is 24.0 Å². The maximum absolute atomic E-state index is 5.53. The van der Waals surface area contributed by atoms with E-state index in [1.54, 1.807) is 0 Å². The first-order chi connectivity index (χ1) is 6.22. The highest BCUT2D eigenvalue weighted by Crippen LogP contribution is 2.20. The van der Waals surface area contributed by atoms with E-state index in [2.05, 4.69) is 11.2 Å². The third-order valence-electron chi connectivity index (χ3n) is 2.48. The van der Waals surface area contributed by atoms with Gasteiger partial charge in [-0.2, -0.15) is 11.8 Å². The average molecular weight is 218 g/mol. The molecule has 4 heteroatoms. The van der Waals surface area contributed by atoms with Crippen LogP contribution in [-0.2, 0) is 0 Å². The molecule has 2 N–H and O–H groups in total. The van der Waals surface area contributed by atoms with Crippen LogP contribution in [-0.4, -0.2) is 41.0 Å². The Bertz CT molecular complexity index is 173. The van der Waals surface area contributed by atoms with Crippen LogP contribution in [0.25, 0.3) is 0 Å². The SMILES string of the molecule is CSC1CCCN(CC(N)=S)CC1. The van der Waals surface area contributed by atoms with Gasteiger partial charge in [0, 0.05) is 11.8 Å². The summed E-state index contributed by atoms with van der Waals surface area (Å²) in [5.41, 5.74) is 5.53. The predicted molar refractivity (Wildman–Crippen MR) is 64.4 cm³/mol. The number of likely N-dealkylation sites (tertiary alicyclic amines) is 1. The van der Waals surface area contributed by atoms with E-state index in [-0.39, 0.29) is 0 Å². The van der Waals surface area contributed by atoms with Gasteiger partial charge in [-0.15, -0.1) is 0 Å². The normalized spacial score (nSPS) is 25.5. The fourth-order valence-corrected chi connectivity index (χ4v) is 2.67. The molecule has 1 rings (SSSR count). The van der Waals surface area contributed by atoms with Crippen molar-refractivity contribution in [1.82, 2.24) is 4.90 Å². The average Bonchev–Trinajstić information content (AvgIpc) is 2.29. The van der Waals surface area contributed by atoms with Gasteiger partial charge in [0.2, 0.25) is 0 Å². The summed E-state index contributed by atoms with van der Waals surface area (Å²) in [5.74, 6) is 0. The van der Waals surface area contributed by atoms with Gasteiger partial charge >= 0.3 is 0 Å². The number of thioether (sulfide) groups is 1. The molecule has 1 unspecified atom stereocenters. The van der Waals surface area contributed by atoms with Crippen LogP contribution in [0.5, 0.6) is 0 Å². The molecule has 0 radical (unpaired) electrons. The molecule has 76 valence electrons. The van der Waals surface area contributed by atoms with Crippen molar-refractivity contribution in [3.05, 3.63) is 0 Å². The molecular weight excluding hydrogens is 200 g/mol. The summed E-state index contributed by atoms with van der Waals surface area (Å²) in [4.78, 5) is 3.00. The number of hydrogen-bond donors (Lipinski definition) is 1. The second kappa shape index (κ2) is 5.83. The van der Waals surface area contributed by atoms with Gasteiger partial charge < -0.3 is 5.73 Å². The van der Waals surface area contributed by atoms with Gasteiger partial charge in [0.1, 0.15) is 0 Å². The van der Waals surface area contributed by atoms with E-state index >= 15 is 0 Å². The van der Waals surface area contributed by atoms with Crippen molar-refractivity contribution in [2.75, 3.05) is 25.9 Å². The van der Waals surface area contributed by atoms with Crippen LogP contribution in [0.4, 0.5) is 0 Å². The molecule has 0 aromatic carbocycles. The number of nitrogens with two attached hydrogens (primary N) is 1. The second-order valence-corrected chi connectivity index (χ2v) is 5.19. The van der Waals surface area contributed by atoms with Crippen LogP contribution in [0.15, 0.2) is 0 Å². The maximum Gasteiger partial charge on any atom is 0.0870 e. The van der Waals surface area contributed by atoms with Gasteiger partial charge in [-0.05, 0) is 38.6 Å². The summed E-state index contributed by atoms with van der Waals surface area (Å²) < 4.78 is 0. The molecule has 0 saturated carbocycles. The quantitative estimate of drug-likeness (QED) is 0.727. The van der Waals surface area contributed by atoms with Gasteiger partial charge in [-0.3, -0.25) is 4.90 Å². The Balaban J connectivity index is 2.31. The molecule has 1 heterocycles. The first-order valence-corrected chi connectivity index (χ1v) is 6.45. The largest absolute Gasteiger partial charge is 0.392 e. The number of nitrogens with zero attached hydrogens (tertiary/aromatic N) is 1. The highest BCUT2D eigenvalue weighted by molar-refractivity contribution is 7.99. The standard InChI is InChI=1S/C9H18N2S2/c1-13-8-3-2-5-11(6-4-8)7-9(10)12/h8H,2-7H2,1H3,(H2,10,12). The van der Waals surface area contributed by atoms with E-state index in [4.69, 9.17) is 18.0 Å². The molecule has 0 aliphatic carbocycles. The lowest BCUT2D eigenvalue weighted by atomic mass is 10.2. The molecule has 0 aromatic heterocycles.